The van der Waals surface area contributed by atoms with E-state index in [1.807, 2.05) is 0 Å². The Hall–Kier alpha value is -1.95. The first-order valence-corrected chi connectivity index (χ1v) is 4.46. The maximum atomic E-state index is 11.4. The Labute approximate surface area is 85.3 Å². The maximum absolute atomic E-state index is 11.4. The number of nitrogens with one attached hydrogen (secondary N) is 2. The van der Waals surface area contributed by atoms with Crippen LogP contribution in [0, 0.1) is 0 Å². The highest BCUT2D eigenvalue weighted by Gasteiger charge is 2.10. The molecule has 0 saturated heterocycles. The van der Waals surface area contributed by atoms with E-state index in [4.69, 9.17) is 4.52 Å². The molecule has 0 amide bonds. The number of pyridine rings is 1. The van der Waals surface area contributed by atoms with Gasteiger partial charge in [-0.2, -0.15) is 4.98 Å². The highest BCUT2D eigenvalue weighted by atomic mass is 16.5. The molecule has 2 N–H and O–H groups in total. The molecule has 2 aromatic rings. The monoisotopic (exact) mass is 206 g/mol. The lowest BCUT2D eigenvalue weighted by molar-refractivity contribution is 0.420. The van der Waals surface area contributed by atoms with Gasteiger partial charge in [-0.25, -0.2) is 0 Å². The van der Waals surface area contributed by atoms with Crippen molar-refractivity contribution in [2.24, 2.45) is 0 Å². The van der Waals surface area contributed by atoms with Gasteiger partial charge in [0, 0.05) is 18.5 Å². The lowest BCUT2D eigenvalue weighted by Gasteiger charge is -1.90. The summed E-state index contributed by atoms with van der Waals surface area (Å²) >= 11 is 0. The van der Waals surface area contributed by atoms with E-state index in [1.165, 1.54) is 6.07 Å². The zero-order valence-electron chi connectivity index (χ0n) is 8.15. The predicted octanol–water partition coefficient (Wildman–Crippen LogP) is 0.144. The van der Waals surface area contributed by atoms with Crippen molar-refractivity contribution in [1.29, 1.82) is 0 Å². The second-order valence-corrected chi connectivity index (χ2v) is 2.97. The van der Waals surface area contributed by atoms with Gasteiger partial charge in [0.05, 0.1) is 6.54 Å². The Morgan fingerprint density at radius 1 is 1.60 bits per heavy atom. The first-order valence-electron chi connectivity index (χ1n) is 4.46. The summed E-state index contributed by atoms with van der Waals surface area (Å²) in [5.41, 5.74) is 0.237. The van der Waals surface area contributed by atoms with E-state index in [2.05, 4.69) is 20.4 Å². The molecule has 0 aliphatic rings. The van der Waals surface area contributed by atoms with Crippen molar-refractivity contribution in [3.05, 3.63) is 34.5 Å². The Bertz CT molecular complexity index is 503. The van der Waals surface area contributed by atoms with Gasteiger partial charge in [-0.15, -0.1) is 0 Å². The average Bonchev–Trinajstić information content (AvgIpc) is 2.68. The van der Waals surface area contributed by atoms with Crippen molar-refractivity contribution in [2.75, 3.05) is 7.05 Å². The third kappa shape index (κ3) is 1.94. The molecule has 0 aromatic carbocycles. The van der Waals surface area contributed by atoms with Crippen molar-refractivity contribution in [2.45, 2.75) is 6.54 Å². The third-order valence-corrected chi connectivity index (χ3v) is 1.86. The summed E-state index contributed by atoms with van der Waals surface area (Å²) in [7, 11) is 1.78. The van der Waals surface area contributed by atoms with Crippen molar-refractivity contribution in [1.82, 2.24) is 20.4 Å². The molecule has 15 heavy (non-hydrogen) atoms. The van der Waals surface area contributed by atoms with Crippen LogP contribution in [0.2, 0.25) is 0 Å². The molecule has 0 radical (unpaired) electrons. The van der Waals surface area contributed by atoms with E-state index in [-0.39, 0.29) is 11.3 Å². The van der Waals surface area contributed by atoms with Crippen LogP contribution in [0.4, 0.5) is 0 Å². The van der Waals surface area contributed by atoms with Gasteiger partial charge in [-0.3, -0.25) is 4.79 Å². The molecule has 0 aliphatic heterocycles. The molecule has 0 fully saturated rings. The van der Waals surface area contributed by atoms with Crippen LogP contribution in [-0.2, 0) is 6.54 Å². The zero-order chi connectivity index (χ0) is 10.7. The highest BCUT2D eigenvalue weighted by molar-refractivity contribution is 5.50. The van der Waals surface area contributed by atoms with Crippen molar-refractivity contribution < 1.29 is 4.52 Å². The van der Waals surface area contributed by atoms with Gasteiger partial charge in [0.2, 0.25) is 0 Å². The molecule has 2 aromatic heterocycles. The van der Waals surface area contributed by atoms with Gasteiger partial charge in [-0.1, -0.05) is 5.16 Å². The van der Waals surface area contributed by atoms with Gasteiger partial charge in [0.15, 0.2) is 11.3 Å². The van der Waals surface area contributed by atoms with Gasteiger partial charge in [0.1, 0.15) is 5.56 Å². The Balaban J connectivity index is 2.38. The molecule has 0 aliphatic carbocycles. The van der Waals surface area contributed by atoms with Crippen LogP contribution in [0.25, 0.3) is 11.5 Å². The van der Waals surface area contributed by atoms with Crippen LogP contribution in [0.3, 0.4) is 0 Å². The summed E-state index contributed by atoms with van der Waals surface area (Å²) in [6, 6.07) is 1.41. The van der Waals surface area contributed by atoms with E-state index in [1.54, 1.807) is 19.4 Å². The van der Waals surface area contributed by atoms with Gasteiger partial charge >= 0.3 is 0 Å². The van der Waals surface area contributed by atoms with Gasteiger partial charge in [-0.05, 0) is 7.05 Å². The number of hydrogen-bond donors (Lipinski definition) is 2. The van der Waals surface area contributed by atoms with Gasteiger partial charge in [0.25, 0.3) is 5.89 Å². The van der Waals surface area contributed by atoms with Crippen LogP contribution in [0.15, 0.2) is 27.8 Å². The molecule has 2 heterocycles. The summed E-state index contributed by atoms with van der Waals surface area (Å²) in [6.45, 7) is 0.508. The maximum Gasteiger partial charge on any atom is 0.263 e. The van der Waals surface area contributed by atoms with Crippen LogP contribution in [0.5, 0.6) is 0 Å². The number of rotatable bonds is 3. The minimum absolute atomic E-state index is 0.145. The van der Waals surface area contributed by atoms with E-state index in [0.717, 1.165) is 0 Å². The zero-order valence-corrected chi connectivity index (χ0v) is 8.15. The smallest absolute Gasteiger partial charge is 0.263 e. The number of aromatic amines is 1. The first-order chi connectivity index (χ1) is 7.31. The number of nitrogens with zero attached hydrogens (tertiary/aromatic N) is 2. The molecule has 78 valence electrons. The molecule has 0 unspecified atom stereocenters. The predicted molar refractivity (Wildman–Crippen MR) is 53.1 cm³/mol. The Morgan fingerprint density at radius 2 is 2.47 bits per heavy atom. The lowest BCUT2D eigenvalue weighted by atomic mass is 10.3. The normalized spacial score (nSPS) is 10.5. The molecule has 2 rings (SSSR count). The van der Waals surface area contributed by atoms with E-state index in [9.17, 15) is 4.79 Å². The average molecular weight is 206 g/mol. The second-order valence-electron chi connectivity index (χ2n) is 2.97. The fourth-order valence-electron chi connectivity index (χ4n) is 1.18. The third-order valence-electron chi connectivity index (χ3n) is 1.86. The summed E-state index contributed by atoms with van der Waals surface area (Å²) in [5.74, 6) is 0.762. The Kier molecular flexibility index (Phi) is 2.59. The van der Waals surface area contributed by atoms with Crippen LogP contribution < -0.4 is 10.7 Å². The summed E-state index contributed by atoms with van der Waals surface area (Å²) in [4.78, 5) is 18.3. The fourth-order valence-corrected chi connectivity index (χ4v) is 1.18. The first kappa shape index (κ1) is 9.60. The number of aromatic nitrogens is 3. The standard InChI is InChI=1S/C9H10N4O2/c1-10-5-8-12-9(15-13-8)6-4-11-3-2-7(6)14/h2-4,10H,5H2,1H3,(H,11,14). The largest absolute Gasteiger partial charge is 0.367 e. The second kappa shape index (κ2) is 4.05. The number of H-pyrrole nitrogens is 1. The molecule has 0 bridgehead atoms. The SMILES string of the molecule is CNCc1noc(-c2c[nH]ccc2=O)n1. The van der Waals surface area contributed by atoms with E-state index in [0.29, 0.717) is 17.9 Å². The minimum Gasteiger partial charge on any atom is -0.367 e. The fraction of sp³-hybridized carbons (Fsp3) is 0.222. The van der Waals surface area contributed by atoms with Crippen LogP contribution >= 0.6 is 0 Å². The summed E-state index contributed by atoms with van der Waals surface area (Å²) in [6.07, 6.45) is 3.09. The molecule has 0 spiro atoms. The molecule has 0 atom stereocenters. The molecule has 6 heteroatoms. The van der Waals surface area contributed by atoms with E-state index < -0.39 is 0 Å². The van der Waals surface area contributed by atoms with Gasteiger partial charge < -0.3 is 14.8 Å². The highest BCUT2D eigenvalue weighted by Crippen LogP contribution is 2.10. The molecule has 6 nitrogen and oxygen atoms in total. The van der Waals surface area contributed by atoms with Crippen LogP contribution in [-0.4, -0.2) is 22.2 Å². The quantitative estimate of drug-likeness (QED) is 0.746. The van der Waals surface area contributed by atoms with Crippen molar-refractivity contribution in [3.63, 3.8) is 0 Å². The number of hydrogen-bond acceptors (Lipinski definition) is 5. The van der Waals surface area contributed by atoms with Crippen molar-refractivity contribution >= 4 is 0 Å². The minimum atomic E-state index is -0.145. The summed E-state index contributed by atoms with van der Waals surface area (Å²) in [5, 5.41) is 6.61. The summed E-state index contributed by atoms with van der Waals surface area (Å²) < 4.78 is 4.96. The molecular weight excluding hydrogens is 196 g/mol. The lowest BCUT2D eigenvalue weighted by Crippen LogP contribution is -2.07. The van der Waals surface area contributed by atoms with Crippen LogP contribution in [0.1, 0.15) is 5.82 Å². The topological polar surface area (TPSA) is 83.8 Å². The van der Waals surface area contributed by atoms with Crippen molar-refractivity contribution in [3.8, 4) is 11.5 Å². The molecular formula is C9H10N4O2. The van der Waals surface area contributed by atoms with E-state index >= 15 is 0 Å². The Morgan fingerprint density at radius 3 is 3.20 bits per heavy atom. The molecule has 0 saturated carbocycles.